The van der Waals surface area contributed by atoms with Crippen molar-refractivity contribution in [3.05, 3.63) is 47.5 Å². The first-order valence-corrected chi connectivity index (χ1v) is 3.91. The Bertz CT molecular complexity index is 514. The van der Waals surface area contributed by atoms with Gasteiger partial charge in [-0.05, 0) is 12.1 Å². The lowest BCUT2D eigenvalue weighted by Crippen LogP contribution is -2.15. The van der Waals surface area contributed by atoms with Crippen LogP contribution in [0.3, 0.4) is 0 Å². The fourth-order valence-corrected chi connectivity index (χ4v) is 1.21. The summed E-state index contributed by atoms with van der Waals surface area (Å²) in [6.07, 6.45) is 2.92. The van der Waals surface area contributed by atoms with Gasteiger partial charge in [-0.15, -0.1) is 0 Å². The monoisotopic (exact) mass is 172 g/mol. The Morgan fingerprint density at radius 2 is 2.15 bits per heavy atom. The molecule has 0 unspecified atom stereocenters. The van der Waals surface area contributed by atoms with E-state index in [1.54, 1.807) is 6.07 Å². The molecule has 0 atom stereocenters. The molecule has 3 nitrogen and oxygen atoms in total. The molecule has 0 aliphatic rings. The summed E-state index contributed by atoms with van der Waals surface area (Å²) in [6, 6.07) is 7.24. The van der Waals surface area contributed by atoms with Crippen molar-refractivity contribution < 1.29 is 0 Å². The maximum absolute atomic E-state index is 11.6. The first kappa shape index (κ1) is 7.73. The highest BCUT2D eigenvalue weighted by Crippen LogP contribution is 2.04. The standard InChI is InChI=1S/C10H8N2O/c1-2-12-7-11-9-6-4-3-5-8(9)10(12)13/h2-7H,1H2. The number of rotatable bonds is 1. The molecule has 1 heterocycles. The number of hydrogen-bond donors (Lipinski definition) is 0. The molecule has 0 aliphatic heterocycles. The van der Waals surface area contributed by atoms with E-state index in [-0.39, 0.29) is 5.56 Å². The van der Waals surface area contributed by atoms with Gasteiger partial charge in [-0.2, -0.15) is 0 Å². The summed E-state index contributed by atoms with van der Waals surface area (Å²) < 4.78 is 1.36. The molecular weight excluding hydrogens is 164 g/mol. The van der Waals surface area contributed by atoms with Crippen molar-refractivity contribution in [1.29, 1.82) is 0 Å². The molecule has 1 aromatic heterocycles. The molecule has 2 aromatic rings. The minimum Gasteiger partial charge on any atom is -0.274 e. The first-order chi connectivity index (χ1) is 6.33. The molecule has 0 saturated carbocycles. The lowest BCUT2D eigenvalue weighted by atomic mass is 10.2. The van der Waals surface area contributed by atoms with Crippen LogP contribution in [0, 0.1) is 0 Å². The number of fused-ring (bicyclic) bond motifs is 1. The van der Waals surface area contributed by atoms with Crippen molar-refractivity contribution in [1.82, 2.24) is 9.55 Å². The molecular formula is C10H8N2O. The molecule has 3 heteroatoms. The lowest BCUT2D eigenvalue weighted by Gasteiger charge is -1.98. The van der Waals surface area contributed by atoms with Gasteiger partial charge in [0.25, 0.3) is 5.56 Å². The summed E-state index contributed by atoms with van der Waals surface area (Å²) in [5.41, 5.74) is 0.631. The molecule has 0 amide bonds. The number of aromatic nitrogens is 2. The van der Waals surface area contributed by atoms with Gasteiger partial charge >= 0.3 is 0 Å². The summed E-state index contributed by atoms with van der Waals surface area (Å²) in [7, 11) is 0. The molecule has 0 bridgehead atoms. The second-order valence-electron chi connectivity index (χ2n) is 2.66. The van der Waals surface area contributed by atoms with Gasteiger partial charge in [0.05, 0.1) is 10.9 Å². The van der Waals surface area contributed by atoms with Gasteiger partial charge in [-0.1, -0.05) is 18.7 Å². The topological polar surface area (TPSA) is 34.9 Å². The van der Waals surface area contributed by atoms with Crippen LogP contribution >= 0.6 is 0 Å². The SMILES string of the molecule is C=Cn1cnc2ccccc2c1=O. The van der Waals surface area contributed by atoms with E-state index in [1.807, 2.05) is 18.2 Å². The number of benzene rings is 1. The zero-order valence-corrected chi connectivity index (χ0v) is 6.97. The summed E-state index contributed by atoms with van der Waals surface area (Å²) >= 11 is 0. The second kappa shape index (κ2) is 2.86. The van der Waals surface area contributed by atoms with Crippen LogP contribution < -0.4 is 5.56 Å². The smallest absolute Gasteiger partial charge is 0.265 e. The highest BCUT2D eigenvalue weighted by molar-refractivity contribution is 5.77. The fraction of sp³-hybridized carbons (Fsp3) is 0. The van der Waals surface area contributed by atoms with Crippen molar-refractivity contribution in [3.8, 4) is 0 Å². The zero-order chi connectivity index (χ0) is 9.26. The van der Waals surface area contributed by atoms with E-state index in [0.29, 0.717) is 10.9 Å². The third-order valence-electron chi connectivity index (χ3n) is 1.89. The number of nitrogens with zero attached hydrogens (tertiary/aromatic N) is 2. The molecule has 1 aromatic carbocycles. The van der Waals surface area contributed by atoms with Crippen LogP contribution in [0.25, 0.3) is 17.1 Å². The maximum atomic E-state index is 11.6. The minimum absolute atomic E-state index is 0.0828. The van der Waals surface area contributed by atoms with Crippen molar-refractivity contribution in [3.63, 3.8) is 0 Å². The van der Waals surface area contributed by atoms with Gasteiger partial charge in [0.1, 0.15) is 6.33 Å². The van der Waals surface area contributed by atoms with Crippen LogP contribution in [0.4, 0.5) is 0 Å². The number of hydrogen-bond acceptors (Lipinski definition) is 2. The van der Waals surface area contributed by atoms with Crippen LogP contribution in [-0.2, 0) is 0 Å². The van der Waals surface area contributed by atoms with Gasteiger partial charge in [0.15, 0.2) is 0 Å². The van der Waals surface area contributed by atoms with Crippen molar-refractivity contribution in [2.45, 2.75) is 0 Å². The Kier molecular flexibility index (Phi) is 1.70. The van der Waals surface area contributed by atoms with E-state index in [4.69, 9.17) is 0 Å². The molecule has 0 fully saturated rings. The van der Waals surface area contributed by atoms with Gasteiger partial charge < -0.3 is 0 Å². The third-order valence-corrected chi connectivity index (χ3v) is 1.89. The van der Waals surface area contributed by atoms with Gasteiger partial charge in [-0.25, -0.2) is 4.98 Å². The Morgan fingerprint density at radius 1 is 1.38 bits per heavy atom. The van der Waals surface area contributed by atoms with E-state index < -0.39 is 0 Å². The van der Waals surface area contributed by atoms with Crippen LogP contribution in [0.1, 0.15) is 0 Å². The van der Waals surface area contributed by atoms with Gasteiger partial charge in [0, 0.05) is 6.20 Å². The van der Waals surface area contributed by atoms with Gasteiger partial charge in [0.2, 0.25) is 0 Å². The van der Waals surface area contributed by atoms with Crippen molar-refractivity contribution >= 4 is 17.1 Å². The summed E-state index contributed by atoms with van der Waals surface area (Å²) in [5.74, 6) is 0. The Hall–Kier alpha value is -1.90. The average Bonchev–Trinajstić information content (AvgIpc) is 2.19. The predicted octanol–water partition coefficient (Wildman–Crippen LogP) is 1.50. The summed E-state index contributed by atoms with van der Waals surface area (Å²) in [5, 5.41) is 0.616. The largest absolute Gasteiger partial charge is 0.274 e. The molecule has 0 aliphatic carbocycles. The Labute approximate surface area is 75.0 Å². The lowest BCUT2D eigenvalue weighted by molar-refractivity contribution is 1.02. The van der Waals surface area contributed by atoms with Gasteiger partial charge in [-0.3, -0.25) is 9.36 Å². The van der Waals surface area contributed by atoms with Crippen molar-refractivity contribution in [2.24, 2.45) is 0 Å². The summed E-state index contributed by atoms with van der Waals surface area (Å²) in [6.45, 7) is 3.52. The minimum atomic E-state index is -0.0828. The summed E-state index contributed by atoms with van der Waals surface area (Å²) in [4.78, 5) is 15.7. The molecule has 0 saturated heterocycles. The second-order valence-corrected chi connectivity index (χ2v) is 2.66. The highest BCUT2D eigenvalue weighted by Gasteiger charge is 1.99. The quantitative estimate of drug-likeness (QED) is 0.653. The third kappa shape index (κ3) is 1.14. The van der Waals surface area contributed by atoms with Crippen LogP contribution in [0.5, 0.6) is 0 Å². The molecule has 64 valence electrons. The maximum Gasteiger partial charge on any atom is 0.265 e. The molecule has 0 spiro atoms. The van der Waals surface area contributed by atoms with E-state index >= 15 is 0 Å². The number of para-hydroxylation sites is 1. The van der Waals surface area contributed by atoms with E-state index in [2.05, 4.69) is 11.6 Å². The molecule has 0 N–H and O–H groups in total. The molecule has 2 rings (SSSR count). The van der Waals surface area contributed by atoms with Crippen molar-refractivity contribution in [2.75, 3.05) is 0 Å². The Morgan fingerprint density at radius 3 is 2.92 bits per heavy atom. The average molecular weight is 172 g/mol. The fourth-order valence-electron chi connectivity index (χ4n) is 1.21. The van der Waals surface area contributed by atoms with E-state index in [0.717, 1.165) is 0 Å². The predicted molar refractivity (Wildman–Crippen MR) is 52.4 cm³/mol. The van der Waals surface area contributed by atoms with Crippen LogP contribution in [0.2, 0.25) is 0 Å². The Balaban J connectivity index is 2.95. The molecule has 13 heavy (non-hydrogen) atoms. The first-order valence-electron chi connectivity index (χ1n) is 3.91. The van der Waals surface area contributed by atoms with Crippen LogP contribution in [-0.4, -0.2) is 9.55 Å². The zero-order valence-electron chi connectivity index (χ0n) is 6.97. The van der Waals surface area contributed by atoms with E-state index in [1.165, 1.54) is 17.1 Å². The van der Waals surface area contributed by atoms with Crippen LogP contribution in [0.15, 0.2) is 42.0 Å². The van der Waals surface area contributed by atoms with E-state index in [9.17, 15) is 4.79 Å². The highest BCUT2D eigenvalue weighted by atomic mass is 16.1. The normalized spacial score (nSPS) is 10.2. The molecule has 0 radical (unpaired) electrons.